The van der Waals surface area contributed by atoms with Gasteiger partial charge in [0.25, 0.3) is 0 Å². The molecular formula is C16H17NO4. The first-order chi connectivity index (χ1) is 10.1. The van der Waals surface area contributed by atoms with E-state index in [-0.39, 0.29) is 17.9 Å². The van der Waals surface area contributed by atoms with Crippen LogP contribution in [0.3, 0.4) is 0 Å². The average Bonchev–Trinajstić information content (AvgIpc) is 3.14. The summed E-state index contributed by atoms with van der Waals surface area (Å²) in [5.41, 5.74) is -0.654. The number of nitrogens with zero attached hydrogens (tertiary/aromatic N) is 1. The summed E-state index contributed by atoms with van der Waals surface area (Å²) in [4.78, 5) is 26.7. The topological polar surface area (TPSA) is 55.8 Å². The molecule has 2 aliphatic heterocycles. The molecule has 0 bridgehead atoms. The predicted molar refractivity (Wildman–Crippen MR) is 72.9 cm³/mol. The molecule has 0 radical (unpaired) electrons. The summed E-state index contributed by atoms with van der Waals surface area (Å²) in [6.45, 7) is 2.39. The number of fused-ring (bicyclic) bond motifs is 3. The van der Waals surface area contributed by atoms with E-state index >= 15 is 0 Å². The molecule has 1 saturated carbocycles. The number of rotatable bonds is 2. The van der Waals surface area contributed by atoms with Crippen molar-refractivity contribution in [2.24, 2.45) is 11.3 Å². The minimum absolute atomic E-state index is 0.0985. The second kappa shape index (κ2) is 3.85. The highest BCUT2D eigenvalue weighted by molar-refractivity contribution is 6.09. The van der Waals surface area contributed by atoms with Crippen molar-refractivity contribution in [2.45, 2.75) is 25.1 Å². The van der Waals surface area contributed by atoms with Gasteiger partial charge in [-0.25, -0.2) is 0 Å². The number of hydrogen-bond acceptors (Lipinski definition) is 4. The van der Waals surface area contributed by atoms with Gasteiger partial charge in [-0.1, -0.05) is 30.3 Å². The first-order valence-electron chi connectivity index (χ1n) is 7.17. The molecule has 1 aliphatic carbocycles. The van der Waals surface area contributed by atoms with E-state index in [1.165, 1.54) is 7.11 Å². The van der Waals surface area contributed by atoms with E-state index in [0.29, 0.717) is 13.0 Å². The Labute approximate surface area is 122 Å². The third-order valence-corrected chi connectivity index (χ3v) is 5.27. The zero-order chi connectivity index (χ0) is 14.8. The fraction of sp³-hybridized carbons (Fsp3) is 0.500. The first kappa shape index (κ1) is 12.8. The Morgan fingerprint density at radius 3 is 2.76 bits per heavy atom. The molecule has 110 valence electrons. The number of carbonyl (C=O) groups excluding carboxylic acids is 2. The number of methoxy groups -OCH3 is 1. The molecule has 0 spiro atoms. The normalized spacial score (nSPS) is 39.9. The molecule has 1 amide bonds. The highest BCUT2D eigenvalue weighted by Crippen LogP contribution is 2.69. The lowest BCUT2D eigenvalue weighted by Crippen LogP contribution is -2.44. The lowest BCUT2D eigenvalue weighted by molar-refractivity contribution is -0.155. The zero-order valence-corrected chi connectivity index (χ0v) is 12.0. The molecule has 1 aromatic rings. The Balaban J connectivity index is 1.74. The fourth-order valence-corrected chi connectivity index (χ4v) is 4.09. The van der Waals surface area contributed by atoms with Crippen LogP contribution < -0.4 is 0 Å². The summed E-state index contributed by atoms with van der Waals surface area (Å²) in [6.07, 6.45) is 0.535. The lowest BCUT2D eigenvalue weighted by atomic mass is 10.0. The molecule has 3 fully saturated rings. The summed E-state index contributed by atoms with van der Waals surface area (Å²) >= 11 is 0. The Hall–Kier alpha value is -1.88. The van der Waals surface area contributed by atoms with Crippen molar-refractivity contribution >= 4 is 11.9 Å². The van der Waals surface area contributed by atoms with E-state index in [2.05, 4.69) is 0 Å². The highest BCUT2D eigenvalue weighted by atomic mass is 16.5. The van der Waals surface area contributed by atoms with Crippen LogP contribution in [0.1, 0.15) is 24.9 Å². The quantitative estimate of drug-likeness (QED) is 0.611. The summed E-state index contributed by atoms with van der Waals surface area (Å²) < 4.78 is 10.8. The maximum absolute atomic E-state index is 12.9. The van der Waals surface area contributed by atoms with Crippen LogP contribution in [-0.2, 0) is 19.1 Å². The van der Waals surface area contributed by atoms with Gasteiger partial charge in [0.2, 0.25) is 5.91 Å². The van der Waals surface area contributed by atoms with Gasteiger partial charge in [0.1, 0.15) is 5.72 Å². The van der Waals surface area contributed by atoms with Gasteiger partial charge in [0, 0.05) is 5.92 Å². The molecule has 0 aromatic heterocycles. The number of ether oxygens (including phenoxy) is 2. The van der Waals surface area contributed by atoms with Crippen LogP contribution in [0.5, 0.6) is 0 Å². The highest BCUT2D eigenvalue weighted by Gasteiger charge is 2.83. The average molecular weight is 287 g/mol. The summed E-state index contributed by atoms with van der Waals surface area (Å²) in [5.74, 6) is -0.671. The minimum Gasteiger partial charge on any atom is -0.468 e. The van der Waals surface area contributed by atoms with Gasteiger partial charge in [-0.3, -0.25) is 9.59 Å². The Kier molecular flexibility index (Phi) is 2.35. The van der Waals surface area contributed by atoms with Gasteiger partial charge in [0.05, 0.1) is 19.8 Å². The summed E-state index contributed by atoms with van der Waals surface area (Å²) in [6, 6.07) is 9.68. The van der Waals surface area contributed by atoms with E-state index < -0.39 is 17.1 Å². The van der Waals surface area contributed by atoms with Crippen LogP contribution in [0.4, 0.5) is 0 Å². The number of amides is 1. The number of hydrogen-bond donors (Lipinski definition) is 0. The van der Waals surface area contributed by atoms with Gasteiger partial charge in [-0.15, -0.1) is 0 Å². The molecule has 4 atom stereocenters. The molecule has 2 saturated heterocycles. The second-order valence-electron chi connectivity index (χ2n) is 6.19. The van der Waals surface area contributed by atoms with Gasteiger partial charge in [-0.2, -0.15) is 0 Å². The zero-order valence-electron chi connectivity index (χ0n) is 12.0. The van der Waals surface area contributed by atoms with Crippen molar-refractivity contribution in [1.29, 1.82) is 0 Å². The largest absolute Gasteiger partial charge is 0.468 e. The maximum Gasteiger partial charge on any atom is 0.321 e. The van der Waals surface area contributed by atoms with Crippen molar-refractivity contribution < 1.29 is 19.1 Å². The van der Waals surface area contributed by atoms with Crippen LogP contribution >= 0.6 is 0 Å². The number of piperidine rings is 1. The summed E-state index contributed by atoms with van der Waals surface area (Å²) in [7, 11) is 1.33. The van der Waals surface area contributed by atoms with E-state index in [4.69, 9.17) is 9.47 Å². The number of carbonyl (C=O) groups is 2. The van der Waals surface area contributed by atoms with E-state index in [0.717, 1.165) is 5.56 Å². The molecule has 1 aromatic carbocycles. The van der Waals surface area contributed by atoms with Crippen molar-refractivity contribution in [3.8, 4) is 0 Å². The Bertz CT molecular complexity index is 630. The smallest absolute Gasteiger partial charge is 0.321 e. The first-order valence-corrected chi connectivity index (χ1v) is 7.17. The van der Waals surface area contributed by atoms with E-state index in [1.807, 2.05) is 37.3 Å². The summed E-state index contributed by atoms with van der Waals surface area (Å²) in [5, 5.41) is 0. The molecule has 3 aliphatic rings. The van der Waals surface area contributed by atoms with Crippen molar-refractivity contribution in [2.75, 3.05) is 13.7 Å². The molecule has 21 heavy (non-hydrogen) atoms. The van der Waals surface area contributed by atoms with Gasteiger partial charge in [-0.05, 0) is 18.9 Å². The standard InChI is InChI=1S/C16H17NO4/c1-15-12-8-16(12,14(19)20-2)13(18)17(15)11(9-21-15)10-6-4-3-5-7-10/h3-7,11-12H,8-9H2,1-2H3/t11-,12+,15-,16-/m0/s1. The van der Waals surface area contributed by atoms with Crippen molar-refractivity contribution in [1.82, 2.24) is 4.90 Å². The van der Waals surface area contributed by atoms with Crippen LogP contribution in [0.2, 0.25) is 0 Å². The minimum atomic E-state index is -1.00. The van der Waals surface area contributed by atoms with Gasteiger partial charge < -0.3 is 14.4 Å². The number of esters is 1. The van der Waals surface area contributed by atoms with Crippen LogP contribution in [0, 0.1) is 11.3 Å². The van der Waals surface area contributed by atoms with Crippen molar-refractivity contribution in [3.63, 3.8) is 0 Å². The molecular weight excluding hydrogens is 270 g/mol. The predicted octanol–water partition coefficient (Wildman–Crippen LogP) is 1.50. The van der Waals surface area contributed by atoms with Crippen LogP contribution in [0.25, 0.3) is 0 Å². The number of benzene rings is 1. The SMILES string of the molecule is COC(=O)[C@@]12C[C@@H]1[C@]1(C)OC[C@@H](c3ccccc3)N1C2=O. The third-order valence-electron chi connectivity index (χ3n) is 5.27. The van der Waals surface area contributed by atoms with E-state index in [1.54, 1.807) is 4.90 Å². The molecule has 0 N–H and O–H groups in total. The molecule has 5 nitrogen and oxygen atoms in total. The Morgan fingerprint density at radius 2 is 2.10 bits per heavy atom. The van der Waals surface area contributed by atoms with Crippen LogP contribution in [-0.4, -0.2) is 36.2 Å². The van der Waals surface area contributed by atoms with Crippen molar-refractivity contribution in [3.05, 3.63) is 35.9 Å². The molecule has 5 heteroatoms. The molecule has 0 unspecified atom stereocenters. The molecule has 4 rings (SSSR count). The third kappa shape index (κ3) is 1.35. The van der Waals surface area contributed by atoms with E-state index in [9.17, 15) is 9.59 Å². The van der Waals surface area contributed by atoms with Crippen LogP contribution in [0.15, 0.2) is 30.3 Å². The Morgan fingerprint density at radius 1 is 1.38 bits per heavy atom. The lowest BCUT2D eigenvalue weighted by Gasteiger charge is -2.32. The maximum atomic E-state index is 12.9. The molecule has 2 heterocycles. The fourth-order valence-electron chi connectivity index (χ4n) is 4.09. The second-order valence-corrected chi connectivity index (χ2v) is 6.19. The monoisotopic (exact) mass is 287 g/mol. The van der Waals surface area contributed by atoms with Gasteiger partial charge >= 0.3 is 5.97 Å². The van der Waals surface area contributed by atoms with Gasteiger partial charge in [0.15, 0.2) is 5.41 Å².